The van der Waals surface area contributed by atoms with Crippen molar-refractivity contribution >= 4 is 44.3 Å². The molecule has 28 heavy (non-hydrogen) atoms. The van der Waals surface area contributed by atoms with Gasteiger partial charge in [-0.2, -0.15) is 4.99 Å². The number of aromatic amines is 1. The Labute approximate surface area is 162 Å². The number of carbonyl (C=O) groups is 2. The van der Waals surface area contributed by atoms with Crippen LogP contribution in [0, 0.1) is 5.82 Å². The van der Waals surface area contributed by atoms with Crippen LogP contribution >= 0.6 is 11.3 Å². The Morgan fingerprint density at radius 1 is 1.25 bits per heavy atom. The van der Waals surface area contributed by atoms with Gasteiger partial charge in [-0.15, -0.1) is 0 Å². The molecule has 2 aromatic carbocycles. The van der Waals surface area contributed by atoms with Gasteiger partial charge in [-0.25, -0.2) is 4.39 Å². The monoisotopic (exact) mass is 397 g/mol. The number of halogens is 1. The zero-order chi connectivity index (χ0) is 19.7. The number of hydrogen-bond acceptors (Lipinski definition) is 4. The van der Waals surface area contributed by atoms with Gasteiger partial charge in [0.1, 0.15) is 12.4 Å². The summed E-state index contributed by atoms with van der Waals surface area (Å²) in [6, 6.07) is 11.7. The molecular weight excluding hydrogens is 381 g/mol. The second kappa shape index (κ2) is 7.40. The van der Waals surface area contributed by atoms with Crippen molar-refractivity contribution in [3.63, 3.8) is 0 Å². The highest BCUT2D eigenvalue weighted by Crippen LogP contribution is 2.21. The number of nitrogens with one attached hydrogen (secondary N) is 1. The minimum atomic E-state index is -0.451. The van der Waals surface area contributed by atoms with Gasteiger partial charge >= 0.3 is 5.97 Å². The summed E-state index contributed by atoms with van der Waals surface area (Å²) < 4.78 is 20.8. The summed E-state index contributed by atoms with van der Waals surface area (Å²) in [5.74, 6) is -1.29. The van der Waals surface area contributed by atoms with E-state index in [4.69, 9.17) is 4.74 Å². The topological polar surface area (TPSA) is 76.5 Å². The number of carbonyl (C=O) groups excluding carboxylic acids is 2. The molecular formula is C20H16FN3O3S. The average Bonchev–Trinajstić information content (AvgIpc) is 3.23. The van der Waals surface area contributed by atoms with Gasteiger partial charge in [-0.3, -0.25) is 9.59 Å². The molecule has 1 N–H and O–H groups in total. The minimum absolute atomic E-state index is 0.112. The number of fused-ring (bicyclic) bond motifs is 2. The van der Waals surface area contributed by atoms with Crippen LogP contribution in [-0.4, -0.2) is 28.0 Å². The van der Waals surface area contributed by atoms with Gasteiger partial charge in [0.05, 0.1) is 22.4 Å². The van der Waals surface area contributed by atoms with E-state index >= 15 is 0 Å². The summed E-state index contributed by atoms with van der Waals surface area (Å²) in [6.07, 6.45) is 1.61. The summed E-state index contributed by atoms with van der Waals surface area (Å²) in [6.45, 7) is 1.85. The van der Waals surface area contributed by atoms with Crippen molar-refractivity contribution in [2.45, 2.75) is 13.5 Å². The molecule has 0 saturated carbocycles. The van der Waals surface area contributed by atoms with Crippen molar-refractivity contribution in [3.8, 4) is 0 Å². The maximum absolute atomic E-state index is 13.6. The molecule has 8 heteroatoms. The highest BCUT2D eigenvalue weighted by atomic mass is 32.1. The first kappa shape index (κ1) is 18.1. The maximum atomic E-state index is 13.6. The normalized spacial score (nSPS) is 12.0. The Balaban J connectivity index is 1.84. The highest BCUT2D eigenvalue weighted by molar-refractivity contribution is 7.16. The van der Waals surface area contributed by atoms with Gasteiger partial charge in [0.2, 0.25) is 0 Å². The lowest BCUT2D eigenvalue weighted by Crippen LogP contribution is -2.23. The summed E-state index contributed by atoms with van der Waals surface area (Å²) in [4.78, 5) is 32.4. The third kappa shape index (κ3) is 3.34. The molecule has 0 fully saturated rings. The highest BCUT2D eigenvalue weighted by Gasteiger charge is 2.15. The largest absolute Gasteiger partial charge is 0.465 e. The van der Waals surface area contributed by atoms with Crippen molar-refractivity contribution in [3.05, 3.63) is 64.8 Å². The second-order valence-corrected chi connectivity index (χ2v) is 7.06. The molecule has 0 aliphatic carbocycles. The van der Waals surface area contributed by atoms with Crippen molar-refractivity contribution in [2.24, 2.45) is 4.99 Å². The predicted molar refractivity (Wildman–Crippen MR) is 105 cm³/mol. The zero-order valence-electron chi connectivity index (χ0n) is 14.9. The number of aromatic nitrogens is 2. The van der Waals surface area contributed by atoms with Crippen molar-refractivity contribution in [1.82, 2.24) is 9.55 Å². The van der Waals surface area contributed by atoms with Crippen LogP contribution in [0.2, 0.25) is 0 Å². The molecule has 0 radical (unpaired) electrons. The second-order valence-electron chi connectivity index (χ2n) is 6.05. The molecule has 142 valence electrons. The van der Waals surface area contributed by atoms with Gasteiger partial charge in [0, 0.05) is 17.1 Å². The van der Waals surface area contributed by atoms with Crippen LogP contribution in [-0.2, 0) is 16.1 Å². The number of esters is 1. The molecule has 0 unspecified atom stereocenters. The minimum Gasteiger partial charge on any atom is -0.465 e. The smallest absolute Gasteiger partial charge is 0.326 e. The van der Waals surface area contributed by atoms with Gasteiger partial charge in [-0.05, 0) is 31.2 Å². The van der Waals surface area contributed by atoms with Crippen LogP contribution < -0.4 is 4.80 Å². The number of rotatable bonds is 4. The lowest BCUT2D eigenvalue weighted by atomic mass is 10.2. The molecule has 4 rings (SSSR count). The zero-order valence-corrected chi connectivity index (χ0v) is 15.8. The predicted octanol–water partition coefficient (Wildman–Crippen LogP) is 3.63. The number of thiazole rings is 1. The number of H-pyrrole nitrogens is 1. The SMILES string of the molecule is CCOC(=O)Cn1c(=NC(=O)c2c[nH]c3ccccc23)sc2cc(F)ccc21. The van der Waals surface area contributed by atoms with E-state index in [9.17, 15) is 14.0 Å². The first-order chi connectivity index (χ1) is 13.6. The van der Waals surface area contributed by atoms with Crippen LogP contribution in [0.4, 0.5) is 4.39 Å². The van der Waals surface area contributed by atoms with Gasteiger partial charge in [0.25, 0.3) is 5.91 Å². The fourth-order valence-corrected chi connectivity index (χ4v) is 4.07. The molecule has 0 aliphatic heterocycles. The van der Waals surface area contributed by atoms with Crippen molar-refractivity contribution in [2.75, 3.05) is 6.61 Å². The summed E-state index contributed by atoms with van der Waals surface area (Å²) >= 11 is 1.15. The molecule has 0 saturated heterocycles. The third-order valence-electron chi connectivity index (χ3n) is 4.25. The third-order valence-corrected chi connectivity index (χ3v) is 5.30. The van der Waals surface area contributed by atoms with Crippen LogP contribution in [0.1, 0.15) is 17.3 Å². The van der Waals surface area contributed by atoms with Crippen LogP contribution in [0.25, 0.3) is 21.1 Å². The molecule has 2 aromatic heterocycles. The first-order valence-electron chi connectivity index (χ1n) is 8.66. The fourth-order valence-electron chi connectivity index (χ4n) is 3.02. The van der Waals surface area contributed by atoms with Crippen molar-refractivity contribution < 1.29 is 18.7 Å². The van der Waals surface area contributed by atoms with E-state index in [0.29, 0.717) is 20.6 Å². The standard InChI is InChI=1S/C20H16FN3O3S/c1-2-27-18(25)11-24-16-8-7-12(21)9-17(16)28-20(24)23-19(26)14-10-22-15-6-4-3-5-13(14)15/h3-10,22H,2,11H2,1H3. The summed E-state index contributed by atoms with van der Waals surface area (Å²) in [7, 11) is 0. The fraction of sp³-hybridized carbons (Fsp3) is 0.150. The van der Waals surface area contributed by atoms with E-state index in [-0.39, 0.29) is 13.2 Å². The first-order valence-corrected chi connectivity index (χ1v) is 9.48. The van der Waals surface area contributed by atoms with Gasteiger partial charge in [-0.1, -0.05) is 29.5 Å². The van der Waals surface area contributed by atoms with Crippen LogP contribution in [0.5, 0.6) is 0 Å². The number of nitrogens with zero attached hydrogens (tertiary/aromatic N) is 2. The van der Waals surface area contributed by atoms with Crippen LogP contribution in [0.15, 0.2) is 53.7 Å². The van der Waals surface area contributed by atoms with Crippen molar-refractivity contribution in [1.29, 1.82) is 0 Å². The van der Waals surface area contributed by atoms with Gasteiger partial charge < -0.3 is 14.3 Å². The summed E-state index contributed by atoms with van der Waals surface area (Å²) in [5, 5.41) is 0.764. The number of ether oxygens (including phenoxy) is 1. The van der Waals surface area contributed by atoms with E-state index in [1.54, 1.807) is 23.8 Å². The molecule has 0 atom stereocenters. The Hall–Kier alpha value is -3.26. The number of amides is 1. The Kier molecular flexibility index (Phi) is 4.79. The quantitative estimate of drug-likeness (QED) is 0.534. The number of hydrogen-bond donors (Lipinski definition) is 1. The Morgan fingerprint density at radius 3 is 2.89 bits per heavy atom. The van der Waals surface area contributed by atoms with E-state index in [2.05, 4.69) is 9.98 Å². The molecule has 0 bridgehead atoms. The summed E-state index contributed by atoms with van der Waals surface area (Å²) in [5.41, 5.74) is 1.88. The van der Waals surface area contributed by atoms with Gasteiger partial charge in [0.15, 0.2) is 4.80 Å². The lowest BCUT2D eigenvalue weighted by molar-refractivity contribution is -0.143. The molecule has 1 amide bonds. The Bertz CT molecular complexity index is 1270. The average molecular weight is 397 g/mol. The van der Waals surface area contributed by atoms with E-state index < -0.39 is 17.7 Å². The Morgan fingerprint density at radius 2 is 2.07 bits per heavy atom. The number of benzene rings is 2. The lowest BCUT2D eigenvalue weighted by Gasteiger charge is -2.05. The van der Waals surface area contributed by atoms with Crippen LogP contribution in [0.3, 0.4) is 0 Å². The number of para-hydroxylation sites is 1. The molecule has 0 aliphatic rings. The molecule has 0 spiro atoms. The maximum Gasteiger partial charge on any atom is 0.326 e. The van der Waals surface area contributed by atoms with E-state index in [0.717, 1.165) is 22.2 Å². The van der Waals surface area contributed by atoms with E-state index in [1.165, 1.54) is 12.1 Å². The molecule has 4 aromatic rings. The molecule has 6 nitrogen and oxygen atoms in total. The molecule has 2 heterocycles. The van der Waals surface area contributed by atoms with E-state index in [1.807, 2.05) is 24.3 Å².